The van der Waals surface area contributed by atoms with Crippen LogP contribution in [-0.2, 0) is 11.2 Å². The van der Waals surface area contributed by atoms with Crippen LogP contribution in [-0.4, -0.2) is 18.6 Å². The lowest BCUT2D eigenvalue weighted by atomic mass is 10.0. The van der Waals surface area contributed by atoms with Crippen LogP contribution in [0.2, 0.25) is 0 Å². The number of amides is 2. The third-order valence-electron chi connectivity index (χ3n) is 4.25. The van der Waals surface area contributed by atoms with E-state index < -0.39 is 6.09 Å². The molecule has 3 rings (SSSR count). The van der Waals surface area contributed by atoms with E-state index in [1.807, 2.05) is 54.6 Å². The first kappa shape index (κ1) is 18.5. The average Bonchev–Trinajstić information content (AvgIpc) is 2.72. The number of fused-ring (bicyclic) bond motifs is 1. The van der Waals surface area contributed by atoms with Gasteiger partial charge in [-0.25, -0.2) is 10.2 Å². The quantitative estimate of drug-likeness (QED) is 0.509. The van der Waals surface area contributed by atoms with E-state index in [0.29, 0.717) is 12.2 Å². The van der Waals surface area contributed by atoms with E-state index in [1.165, 1.54) is 5.56 Å². The van der Waals surface area contributed by atoms with Gasteiger partial charge in [-0.15, -0.1) is 0 Å². The van der Waals surface area contributed by atoms with Gasteiger partial charge in [-0.2, -0.15) is 0 Å². The molecule has 5 heteroatoms. The summed E-state index contributed by atoms with van der Waals surface area (Å²) in [6.07, 6.45) is 1.98. The monoisotopic (exact) mass is 362 g/mol. The Labute approximate surface area is 158 Å². The summed E-state index contributed by atoms with van der Waals surface area (Å²) in [4.78, 5) is 24.0. The first-order valence-electron chi connectivity index (χ1n) is 8.99. The smallest absolute Gasteiger partial charge is 0.426 e. The molecule has 27 heavy (non-hydrogen) atoms. The van der Waals surface area contributed by atoms with Crippen LogP contribution in [0, 0.1) is 0 Å². The first-order valence-corrected chi connectivity index (χ1v) is 8.99. The third-order valence-corrected chi connectivity index (χ3v) is 4.25. The molecule has 0 fully saturated rings. The molecule has 138 valence electrons. The molecule has 0 spiro atoms. The highest BCUT2D eigenvalue weighted by Crippen LogP contribution is 2.18. The van der Waals surface area contributed by atoms with Crippen molar-refractivity contribution in [2.75, 3.05) is 6.61 Å². The molecule has 3 aromatic rings. The van der Waals surface area contributed by atoms with Gasteiger partial charge in [-0.1, -0.05) is 66.7 Å². The van der Waals surface area contributed by atoms with Crippen LogP contribution < -0.4 is 10.9 Å². The summed E-state index contributed by atoms with van der Waals surface area (Å²) in [5.74, 6) is -0.382. The van der Waals surface area contributed by atoms with Gasteiger partial charge in [0.2, 0.25) is 0 Å². The molecule has 2 N–H and O–H groups in total. The Kier molecular flexibility index (Phi) is 6.41. The molecular weight excluding hydrogens is 340 g/mol. The van der Waals surface area contributed by atoms with Crippen molar-refractivity contribution in [1.29, 1.82) is 0 Å². The van der Waals surface area contributed by atoms with Gasteiger partial charge < -0.3 is 4.74 Å². The van der Waals surface area contributed by atoms with Crippen molar-refractivity contribution in [2.24, 2.45) is 0 Å². The summed E-state index contributed by atoms with van der Waals surface area (Å²) in [6.45, 7) is 0.308. The molecule has 0 saturated heterocycles. The molecule has 0 aromatic heterocycles. The minimum Gasteiger partial charge on any atom is -0.448 e. The van der Waals surface area contributed by atoms with Gasteiger partial charge in [0.1, 0.15) is 0 Å². The van der Waals surface area contributed by atoms with Gasteiger partial charge in [-0.05, 0) is 41.7 Å². The largest absolute Gasteiger partial charge is 0.448 e. The number of rotatable bonds is 6. The molecular formula is C22H22N2O3. The molecule has 5 nitrogen and oxygen atoms in total. The lowest BCUT2D eigenvalue weighted by Crippen LogP contribution is -2.42. The normalized spacial score (nSPS) is 10.4. The number of carbonyl (C=O) groups is 2. The number of unbranched alkanes of at least 4 members (excludes halogenated alkanes) is 1. The Hall–Kier alpha value is -3.34. The van der Waals surface area contributed by atoms with E-state index >= 15 is 0 Å². The van der Waals surface area contributed by atoms with Crippen molar-refractivity contribution in [3.63, 3.8) is 0 Å². The molecule has 2 amide bonds. The van der Waals surface area contributed by atoms with Crippen molar-refractivity contribution in [3.05, 3.63) is 83.9 Å². The van der Waals surface area contributed by atoms with Gasteiger partial charge in [0.05, 0.1) is 6.61 Å². The molecule has 0 aliphatic rings. The molecule has 0 saturated carbocycles. The topological polar surface area (TPSA) is 67.4 Å². The third kappa shape index (κ3) is 5.31. The minimum absolute atomic E-state index is 0.308. The Balaban J connectivity index is 1.39. The molecule has 0 aliphatic carbocycles. The Morgan fingerprint density at radius 2 is 1.52 bits per heavy atom. The van der Waals surface area contributed by atoms with Crippen LogP contribution in [0.1, 0.15) is 28.8 Å². The fourth-order valence-corrected chi connectivity index (χ4v) is 2.88. The second kappa shape index (κ2) is 9.38. The van der Waals surface area contributed by atoms with Gasteiger partial charge >= 0.3 is 6.09 Å². The molecule has 0 heterocycles. The molecule has 0 atom stereocenters. The van der Waals surface area contributed by atoms with Crippen LogP contribution in [0.25, 0.3) is 10.8 Å². The Morgan fingerprint density at radius 3 is 2.37 bits per heavy atom. The molecule has 0 radical (unpaired) electrons. The average molecular weight is 362 g/mol. The number of ether oxygens (including phenoxy) is 1. The number of hydrogen-bond donors (Lipinski definition) is 2. The van der Waals surface area contributed by atoms with Gasteiger partial charge in [-0.3, -0.25) is 10.2 Å². The van der Waals surface area contributed by atoms with Crippen molar-refractivity contribution in [2.45, 2.75) is 19.3 Å². The first-order chi connectivity index (χ1) is 13.2. The van der Waals surface area contributed by atoms with E-state index in [9.17, 15) is 9.59 Å². The predicted molar refractivity (Wildman–Crippen MR) is 105 cm³/mol. The maximum absolute atomic E-state index is 12.3. The van der Waals surface area contributed by atoms with E-state index in [1.54, 1.807) is 6.07 Å². The van der Waals surface area contributed by atoms with Gasteiger partial charge in [0.25, 0.3) is 5.91 Å². The van der Waals surface area contributed by atoms with Crippen molar-refractivity contribution >= 4 is 22.8 Å². The Morgan fingerprint density at radius 1 is 0.778 bits per heavy atom. The van der Waals surface area contributed by atoms with Crippen molar-refractivity contribution < 1.29 is 14.3 Å². The lowest BCUT2D eigenvalue weighted by Gasteiger charge is -2.10. The number of benzene rings is 3. The number of hydrazine groups is 1. The second-order valence-electron chi connectivity index (χ2n) is 6.18. The summed E-state index contributed by atoms with van der Waals surface area (Å²) in [5.41, 5.74) is 6.45. The van der Waals surface area contributed by atoms with Crippen molar-refractivity contribution in [1.82, 2.24) is 10.9 Å². The fraction of sp³-hybridized carbons (Fsp3) is 0.182. The number of hydrogen-bond acceptors (Lipinski definition) is 3. The summed E-state index contributed by atoms with van der Waals surface area (Å²) in [5, 5.41) is 1.79. The van der Waals surface area contributed by atoms with E-state index in [2.05, 4.69) is 23.0 Å². The zero-order valence-electron chi connectivity index (χ0n) is 15.0. The van der Waals surface area contributed by atoms with Crippen LogP contribution in [0.5, 0.6) is 0 Å². The zero-order chi connectivity index (χ0) is 18.9. The Bertz CT molecular complexity index is 904. The van der Waals surface area contributed by atoms with Crippen LogP contribution in [0.3, 0.4) is 0 Å². The summed E-state index contributed by atoms with van der Waals surface area (Å²) in [7, 11) is 0. The van der Waals surface area contributed by atoms with E-state index in [-0.39, 0.29) is 5.91 Å². The number of nitrogens with one attached hydrogen (secondary N) is 2. The molecule has 3 aromatic carbocycles. The van der Waals surface area contributed by atoms with Crippen LogP contribution in [0.15, 0.2) is 72.8 Å². The SMILES string of the molecule is O=C(NNC(=O)c1cccc2ccccc12)OCCCCc1ccccc1. The van der Waals surface area contributed by atoms with Gasteiger partial charge in [0, 0.05) is 5.56 Å². The van der Waals surface area contributed by atoms with E-state index in [0.717, 1.165) is 30.0 Å². The van der Waals surface area contributed by atoms with E-state index in [4.69, 9.17) is 4.74 Å². The lowest BCUT2D eigenvalue weighted by molar-refractivity contribution is 0.0910. The molecule has 0 unspecified atom stereocenters. The van der Waals surface area contributed by atoms with Crippen molar-refractivity contribution in [3.8, 4) is 0 Å². The van der Waals surface area contributed by atoms with Crippen LogP contribution >= 0.6 is 0 Å². The standard InChI is InChI=1S/C22H22N2O3/c25-21(20-15-8-13-18-12-4-5-14-19(18)20)23-24-22(26)27-16-7-6-11-17-9-2-1-3-10-17/h1-5,8-10,12-15H,6-7,11,16H2,(H,23,25)(H,24,26). The van der Waals surface area contributed by atoms with Gasteiger partial charge in [0.15, 0.2) is 0 Å². The van der Waals surface area contributed by atoms with Crippen LogP contribution in [0.4, 0.5) is 4.79 Å². The molecule has 0 bridgehead atoms. The summed E-state index contributed by atoms with van der Waals surface area (Å²) >= 11 is 0. The zero-order valence-corrected chi connectivity index (χ0v) is 15.0. The summed E-state index contributed by atoms with van der Waals surface area (Å²) < 4.78 is 5.09. The highest BCUT2D eigenvalue weighted by molar-refractivity contribution is 6.07. The maximum atomic E-state index is 12.3. The fourth-order valence-electron chi connectivity index (χ4n) is 2.88. The second-order valence-corrected chi connectivity index (χ2v) is 6.18. The number of aryl methyl sites for hydroxylation is 1. The highest BCUT2D eigenvalue weighted by Gasteiger charge is 2.11. The maximum Gasteiger partial charge on any atom is 0.426 e. The highest BCUT2D eigenvalue weighted by atomic mass is 16.6. The molecule has 0 aliphatic heterocycles. The number of carbonyl (C=O) groups excluding carboxylic acids is 2. The predicted octanol–water partition coefficient (Wildman–Crippen LogP) is 4.23. The minimum atomic E-state index is -0.664. The summed E-state index contributed by atoms with van der Waals surface area (Å²) in [6, 6.07) is 23.2.